The highest BCUT2D eigenvalue weighted by Gasteiger charge is 2.15. The van der Waals surface area contributed by atoms with Crippen LogP contribution < -0.4 is 5.32 Å². The maximum atomic E-state index is 12.1. The van der Waals surface area contributed by atoms with Gasteiger partial charge in [-0.15, -0.1) is 11.3 Å². The standard InChI is InChI=1S/C17H21NO3S/c1-12-3-5-14(6-4-12)15(21-8-7-19)10-18-17(20)16-9-13(2)11-22-16/h3-6,9,11,15,19H,7-8,10H2,1-2H3,(H,18,20). The molecule has 1 heterocycles. The number of carbonyl (C=O) groups excluding carboxylic acids is 1. The van der Waals surface area contributed by atoms with Gasteiger partial charge in [0.05, 0.1) is 24.2 Å². The van der Waals surface area contributed by atoms with Crippen molar-refractivity contribution in [3.05, 3.63) is 57.3 Å². The molecule has 0 fully saturated rings. The first-order valence-electron chi connectivity index (χ1n) is 7.22. The van der Waals surface area contributed by atoms with Gasteiger partial charge in [0.15, 0.2) is 0 Å². The lowest BCUT2D eigenvalue weighted by Gasteiger charge is -2.18. The number of hydrogen-bond acceptors (Lipinski definition) is 4. The molecule has 0 radical (unpaired) electrons. The molecule has 0 saturated carbocycles. The number of carbonyl (C=O) groups is 1. The number of rotatable bonds is 7. The summed E-state index contributed by atoms with van der Waals surface area (Å²) in [5.74, 6) is -0.0946. The van der Waals surface area contributed by atoms with Crippen LogP contribution in [0.25, 0.3) is 0 Å². The fraction of sp³-hybridized carbons (Fsp3) is 0.353. The zero-order valence-corrected chi connectivity index (χ0v) is 13.7. The molecule has 22 heavy (non-hydrogen) atoms. The summed E-state index contributed by atoms with van der Waals surface area (Å²) in [5, 5.41) is 13.8. The van der Waals surface area contributed by atoms with Gasteiger partial charge in [0.25, 0.3) is 5.91 Å². The van der Waals surface area contributed by atoms with Crippen molar-refractivity contribution in [3.8, 4) is 0 Å². The van der Waals surface area contributed by atoms with Crippen molar-refractivity contribution < 1.29 is 14.6 Å². The molecule has 4 nitrogen and oxygen atoms in total. The molecule has 0 saturated heterocycles. The van der Waals surface area contributed by atoms with Gasteiger partial charge in [-0.1, -0.05) is 29.8 Å². The van der Waals surface area contributed by atoms with E-state index in [9.17, 15) is 4.79 Å². The minimum absolute atomic E-state index is 0.0412. The fourth-order valence-corrected chi connectivity index (χ4v) is 2.89. The first kappa shape index (κ1) is 16.7. The molecule has 1 amide bonds. The van der Waals surface area contributed by atoms with Crippen LogP contribution in [-0.4, -0.2) is 30.8 Å². The van der Waals surface area contributed by atoms with Crippen LogP contribution in [0.15, 0.2) is 35.7 Å². The van der Waals surface area contributed by atoms with Crippen LogP contribution in [0.4, 0.5) is 0 Å². The highest BCUT2D eigenvalue weighted by molar-refractivity contribution is 7.12. The second-order valence-electron chi connectivity index (χ2n) is 5.19. The number of aryl methyl sites for hydroxylation is 2. The molecular formula is C17H21NO3S. The summed E-state index contributed by atoms with van der Waals surface area (Å²) in [7, 11) is 0. The molecule has 2 N–H and O–H groups in total. The average molecular weight is 319 g/mol. The average Bonchev–Trinajstić information content (AvgIpc) is 2.95. The molecule has 0 bridgehead atoms. The van der Waals surface area contributed by atoms with Crippen molar-refractivity contribution in [2.45, 2.75) is 20.0 Å². The predicted octanol–water partition coefficient (Wildman–Crippen LogP) is 2.84. The maximum Gasteiger partial charge on any atom is 0.261 e. The van der Waals surface area contributed by atoms with Gasteiger partial charge in [-0.05, 0) is 36.4 Å². The molecule has 2 rings (SSSR count). The first-order valence-corrected chi connectivity index (χ1v) is 8.10. The summed E-state index contributed by atoms with van der Waals surface area (Å²) < 4.78 is 5.65. The van der Waals surface area contributed by atoms with Crippen LogP contribution in [0.3, 0.4) is 0 Å². The van der Waals surface area contributed by atoms with E-state index in [0.29, 0.717) is 11.4 Å². The van der Waals surface area contributed by atoms with Crippen LogP contribution in [-0.2, 0) is 4.74 Å². The Kier molecular flexibility index (Phi) is 6.12. The predicted molar refractivity (Wildman–Crippen MR) is 88.3 cm³/mol. The zero-order chi connectivity index (χ0) is 15.9. The Labute approximate surface area is 134 Å². The van der Waals surface area contributed by atoms with E-state index < -0.39 is 0 Å². The van der Waals surface area contributed by atoms with Gasteiger partial charge in [0.1, 0.15) is 0 Å². The summed E-state index contributed by atoms with van der Waals surface area (Å²) >= 11 is 1.43. The van der Waals surface area contributed by atoms with Crippen LogP contribution in [0.1, 0.15) is 32.5 Å². The zero-order valence-electron chi connectivity index (χ0n) is 12.8. The Morgan fingerprint density at radius 1 is 1.27 bits per heavy atom. The number of hydrogen-bond donors (Lipinski definition) is 2. The quantitative estimate of drug-likeness (QED) is 0.825. The summed E-state index contributed by atoms with van der Waals surface area (Å²) in [6, 6.07) is 9.86. The summed E-state index contributed by atoms with van der Waals surface area (Å²) in [5.41, 5.74) is 3.24. The van der Waals surface area contributed by atoms with Crippen molar-refractivity contribution in [2.24, 2.45) is 0 Å². The van der Waals surface area contributed by atoms with E-state index in [1.54, 1.807) is 0 Å². The minimum Gasteiger partial charge on any atom is -0.394 e. The van der Waals surface area contributed by atoms with E-state index in [1.165, 1.54) is 16.9 Å². The molecule has 5 heteroatoms. The molecular weight excluding hydrogens is 298 g/mol. The summed E-state index contributed by atoms with van der Waals surface area (Å²) in [6.45, 7) is 4.56. The Morgan fingerprint density at radius 3 is 2.59 bits per heavy atom. The molecule has 118 valence electrons. The second kappa shape index (κ2) is 8.08. The Bertz CT molecular complexity index is 607. The van der Waals surface area contributed by atoms with E-state index in [1.807, 2.05) is 49.6 Å². The normalized spacial score (nSPS) is 12.1. The van der Waals surface area contributed by atoms with Crippen molar-refractivity contribution in [2.75, 3.05) is 19.8 Å². The summed E-state index contributed by atoms with van der Waals surface area (Å²) in [4.78, 5) is 12.8. The van der Waals surface area contributed by atoms with Gasteiger partial charge in [0, 0.05) is 6.54 Å². The molecule has 2 aromatic rings. The van der Waals surface area contributed by atoms with Crippen molar-refractivity contribution in [3.63, 3.8) is 0 Å². The minimum atomic E-state index is -0.266. The molecule has 1 aromatic heterocycles. The number of amides is 1. The number of thiophene rings is 1. The van der Waals surface area contributed by atoms with Crippen LogP contribution in [0.5, 0.6) is 0 Å². The number of nitrogens with one attached hydrogen (secondary N) is 1. The van der Waals surface area contributed by atoms with Gasteiger partial charge in [-0.3, -0.25) is 4.79 Å². The van der Waals surface area contributed by atoms with E-state index in [4.69, 9.17) is 9.84 Å². The van der Waals surface area contributed by atoms with Gasteiger partial charge in [-0.25, -0.2) is 0 Å². The van der Waals surface area contributed by atoms with E-state index in [2.05, 4.69) is 5.32 Å². The number of ether oxygens (including phenoxy) is 1. The second-order valence-corrected chi connectivity index (χ2v) is 6.10. The van der Waals surface area contributed by atoms with Gasteiger partial charge in [-0.2, -0.15) is 0 Å². The SMILES string of the molecule is Cc1ccc(C(CNC(=O)c2cc(C)cs2)OCCO)cc1. The van der Waals surface area contributed by atoms with Crippen LogP contribution in [0, 0.1) is 13.8 Å². The van der Waals surface area contributed by atoms with Gasteiger partial charge >= 0.3 is 0 Å². The van der Waals surface area contributed by atoms with Crippen molar-refractivity contribution >= 4 is 17.2 Å². The smallest absolute Gasteiger partial charge is 0.261 e. The highest BCUT2D eigenvalue weighted by atomic mass is 32.1. The van der Waals surface area contributed by atoms with Gasteiger partial charge in [0.2, 0.25) is 0 Å². The number of aliphatic hydroxyl groups is 1. The van der Waals surface area contributed by atoms with Gasteiger partial charge < -0.3 is 15.2 Å². The lowest BCUT2D eigenvalue weighted by Crippen LogP contribution is -2.29. The first-order chi connectivity index (χ1) is 10.6. The van der Waals surface area contributed by atoms with E-state index >= 15 is 0 Å². The molecule has 1 aromatic carbocycles. The largest absolute Gasteiger partial charge is 0.394 e. The third-order valence-corrected chi connectivity index (χ3v) is 4.31. The molecule has 1 atom stereocenters. The number of aliphatic hydroxyl groups excluding tert-OH is 1. The van der Waals surface area contributed by atoms with E-state index in [-0.39, 0.29) is 25.2 Å². The van der Waals surface area contributed by atoms with Crippen LogP contribution in [0.2, 0.25) is 0 Å². The Morgan fingerprint density at radius 2 is 2.00 bits per heavy atom. The van der Waals surface area contributed by atoms with Crippen LogP contribution >= 0.6 is 11.3 Å². The summed E-state index contributed by atoms with van der Waals surface area (Å²) in [6.07, 6.45) is -0.266. The Balaban J connectivity index is 2.00. The third-order valence-electron chi connectivity index (χ3n) is 3.26. The van der Waals surface area contributed by atoms with Crippen molar-refractivity contribution in [1.29, 1.82) is 0 Å². The lowest BCUT2D eigenvalue weighted by atomic mass is 10.1. The fourth-order valence-electron chi connectivity index (χ4n) is 2.07. The molecule has 1 unspecified atom stereocenters. The Hall–Kier alpha value is -1.69. The van der Waals surface area contributed by atoms with E-state index in [0.717, 1.165) is 11.1 Å². The molecule has 0 aliphatic carbocycles. The third kappa shape index (κ3) is 4.66. The number of benzene rings is 1. The molecule has 0 aliphatic heterocycles. The monoisotopic (exact) mass is 319 g/mol. The molecule has 0 spiro atoms. The van der Waals surface area contributed by atoms with Crippen molar-refractivity contribution in [1.82, 2.24) is 5.32 Å². The maximum absolute atomic E-state index is 12.1. The highest BCUT2D eigenvalue weighted by Crippen LogP contribution is 2.18. The molecule has 0 aliphatic rings. The topological polar surface area (TPSA) is 58.6 Å². The lowest BCUT2D eigenvalue weighted by molar-refractivity contribution is 0.0277.